The number of rotatable bonds is 11. The second kappa shape index (κ2) is 12.3. The standard InChI is InChI=1S/C30H31NO8/c1-18-15-24(33)29(35)30(39-18)22(19-10-11-23(32)27(16-19)37-3)17-28(34)31-13-12-21(26-9-6-14-38-26)20-7-4-5-8-25(20)36-2/h4-11,14-16,21-22,32,35H,12-13,17H2,1-3H3,(H,31,34)/t21-,22-/m0/s1. The van der Waals surface area contributed by atoms with Crippen molar-refractivity contribution in [1.29, 1.82) is 0 Å². The summed E-state index contributed by atoms with van der Waals surface area (Å²) >= 11 is 0. The summed E-state index contributed by atoms with van der Waals surface area (Å²) in [4.78, 5) is 25.5. The Bertz CT molecular complexity index is 1470. The maximum atomic E-state index is 13.2. The number of carbonyl (C=O) groups is 1. The van der Waals surface area contributed by atoms with Crippen LogP contribution in [0.4, 0.5) is 0 Å². The van der Waals surface area contributed by atoms with Gasteiger partial charge in [-0.2, -0.15) is 0 Å². The number of para-hydroxylation sites is 1. The van der Waals surface area contributed by atoms with Crippen LogP contribution in [0.5, 0.6) is 23.0 Å². The van der Waals surface area contributed by atoms with Gasteiger partial charge in [0.2, 0.25) is 17.1 Å². The molecule has 39 heavy (non-hydrogen) atoms. The van der Waals surface area contributed by atoms with Gasteiger partial charge in [0.25, 0.3) is 0 Å². The maximum Gasteiger partial charge on any atom is 0.227 e. The molecule has 2 atom stereocenters. The predicted octanol–water partition coefficient (Wildman–Crippen LogP) is 4.83. The summed E-state index contributed by atoms with van der Waals surface area (Å²) in [5.41, 5.74) is 0.846. The van der Waals surface area contributed by atoms with Crippen LogP contribution in [0.2, 0.25) is 0 Å². The van der Waals surface area contributed by atoms with Crippen LogP contribution in [0.1, 0.15) is 53.1 Å². The minimum absolute atomic E-state index is 0.0367. The third-order valence-corrected chi connectivity index (χ3v) is 6.54. The van der Waals surface area contributed by atoms with E-state index in [9.17, 15) is 19.8 Å². The second-order valence-electron chi connectivity index (χ2n) is 9.07. The Morgan fingerprint density at radius 2 is 1.74 bits per heavy atom. The monoisotopic (exact) mass is 533 g/mol. The number of aryl methyl sites for hydroxylation is 1. The SMILES string of the molecule is COc1cc([C@H](CC(=O)NCC[C@H](c2ccco2)c2ccccc2OC)c2oc(C)cc(=O)c2O)ccc1O. The van der Waals surface area contributed by atoms with Crippen molar-refractivity contribution < 1.29 is 33.3 Å². The van der Waals surface area contributed by atoms with Gasteiger partial charge in [-0.05, 0) is 49.2 Å². The highest BCUT2D eigenvalue weighted by molar-refractivity contribution is 5.77. The van der Waals surface area contributed by atoms with Gasteiger partial charge in [0.1, 0.15) is 17.3 Å². The zero-order chi connectivity index (χ0) is 27.9. The van der Waals surface area contributed by atoms with Gasteiger partial charge in [-0.1, -0.05) is 24.3 Å². The summed E-state index contributed by atoms with van der Waals surface area (Å²) in [7, 11) is 3.01. The molecule has 0 spiro atoms. The summed E-state index contributed by atoms with van der Waals surface area (Å²) < 4.78 is 22.2. The number of hydrogen-bond donors (Lipinski definition) is 3. The molecule has 9 heteroatoms. The first kappa shape index (κ1) is 27.4. The number of ether oxygens (including phenoxy) is 2. The Hall–Kier alpha value is -4.66. The normalized spacial score (nSPS) is 12.5. The van der Waals surface area contributed by atoms with E-state index in [4.69, 9.17) is 18.3 Å². The van der Waals surface area contributed by atoms with Crippen LogP contribution >= 0.6 is 0 Å². The third kappa shape index (κ3) is 6.26. The topological polar surface area (TPSA) is 131 Å². The summed E-state index contributed by atoms with van der Waals surface area (Å²) in [5, 5.41) is 23.5. The van der Waals surface area contributed by atoms with E-state index < -0.39 is 17.1 Å². The molecule has 2 aromatic carbocycles. The minimum Gasteiger partial charge on any atom is -0.504 e. The van der Waals surface area contributed by atoms with Crippen LogP contribution in [0, 0.1) is 6.92 Å². The molecule has 2 heterocycles. The number of furan rings is 1. The molecule has 0 aliphatic heterocycles. The smallest absolute Gasteiger partial charge is 0.227 e. The van der Waals surface area contributed by atoms with Crippen molar-refractivity contribution in [3.63, 3.8) is 0 Å². The molecule has 9 nitrogen and oxygen atoms in total. The molecule has 2 aromatic heterocycles. The number of amides is 1. The van der Waals surface area contributed by atoms with Crippen molar-refractivity contribution in [3.8, 4) is 23.0 Å². The molecule has 0 fully saturated rings. The summed E-state index contributed by atoms with van der Waals surface area (Å²) in [5.74, 6) is -0.0497. The van der Waals surface area contributed by atoms with Gasteiger partial charge in [0.15, 0.2) is 17.3 Å². The molecular weight excluding hydrogens is 502 g/mol. The molecule has 1 amide bonds. The number of methoxy groups -OCH3 is 2. The number of phenolic OH excluding ortho intramolecular Hbond substituents is 1. The Labute approximate surface area is 225 Å². The van der Waals surface area contributed by atoms with E-state index in [0.29, 0.717) is 24.3 Å². The zero-order valence-corrected chi connectivity index (χ0v) is 22.0. The third-order valence-electron chi connectivity index (χ3n) is 6.54. The zero-order valence-electron chi connectivity index (χ0n) is 22.0. The molecule has 0 aliphatic rings. The molecule has 4 rings (SSSR count). The number of phenols is 1. The number of carbonyl (C=O) groups excluding carboxylic acids is 1. The predicted molar refractivity (Wildman–Crippen MR) is 144 cm³/mol. The lowest BCUT2D eigenvalue weighted by Gasteiger charge is -2.20. The molecule has 0 unspecified atom stereocenters. The van der Waals surface area contributed by atoms with E-state index in [1.54, 1.807) is 32.4 Å². The van der Waals surface area contributed by atoms with Crippen LogP contribution < -0.4 is 20.2 Å². The fraction of sp³-hybridized carbons (Fsp3) is 0.267. The van der Waals surface area contributed by atoms with Crippen LogP contribution in [0.15, 0.2) is 80.6 Å². The van der Waals surface area contributed by atoms with E-state index in [2.05, 4.69) is 5.32 Å². The second-order valence-corrected chi connectivity index (χ2v) is 9.07. The average molecular weight is 534 g/mol. The van der Waals surface area contributed by atoms with E-state index in [1.807, 2.05) is 36.4 Å². The van der Waals surface area contributed by atoms with Gasteiger partial charge in [-0.3, -0.25) is 9.59 Å². The van der Waals surface area contributed by atoms with Crippen molar-refractivity contribution in [2.45, 2.75) is 31.6 Å². The molecule has 4 aromatic rings. The lowest BCUT2D eigenvalue weighted by molar-refractivity contribution is -0.121. The fourth-order valence-electron chi connectivity index (χ4n) is 4.64. The largest absolute Gasteiger partial charge is 0.504 e. The maximum absolute atomic E-state index is 13.2. The van der Waals surface area contributed by atoms with Gasteiger partial charge in [-0.15, -0.1) is 0 Å². The van der Waals surface area contributed by atoms with Gasteiger partial charge in [0, 0.05) is 30.5 Å². The van der Waals surface area contributed by atoms with E-state index in [-0.39, 0.29) is 35.5 Å². The van der Waals surface area contributed by atoms with Gasteiger partial charge < -0.3 is 33.8 Å². The van der Waals surface area contributed by atoms with E-state index in [0.717, 1.165) is 17.1 Å². The highest BCUT2D eigenvalue weighted by atomic mass is 16.5. The van der Waals surface area contributed by atoms with Gasteiger partial charge in [0.05, 0.1) is 26.4 Å². The van der Waals surface area contributed by atoms with Crippen molar-refractivity contribution in [1.82, 2.24) is 5.32 Å². The van der Waals surface area contributed by atoms with Crippen LogP contribution in [0.3, 0.4) is 0 Å². The van der Waals surface area contributed by atoms with Crippen LogP contribution in [0.25, 0.3) is 0 Å². The first-order valence-corrected chi connectivity index (χ1v) is 12.5. The molecule has 0 bridgehead atoms. The lowest BCUT2D eigenvalue weighted by Crippen LogP contribution is -2.28. The van der Waals surface area contributed by atoms with E-state index >= 15 is 0 Å². The number of nitrogens with one attached hydrogen (secondary N) is 1. The molecular formula is C30H31NO8. The van der Waals surface area contributed by atoms with E-state index in [1.165, 1.54) is 19.2 Å². The Morgan fingerprint density at radius 1 is 0.974 bits per heavy atom. The minimum atomic E-state index is -0.817. The van der Waals surface area contributed by atoms with Crippen LogP contribution in [-0.4, -0.2) is 36.9 Å². The highest BCUT2D eigenvalue weighted by Gasteiger charge is 2.27. The van der Waals surface area contributed by atoms with Crippen molar-refractivity contribution in [2.24, 2.45) is 0 Å². The summed E-state index contributed by atoms with van der Waals surface area (Å²) in [6.07, 6.45) is 2.00. The number of aromatic hydroxyl groups is 2. The Kier molecular flexibility index (Phi) is 8.60. The molecule has 204 valence electrons. The molecule has 0 saturated heterocycles. The first-order chi connectivity index (χ1) is 18.8. The Balaban J connectivity index is 1.56. The first-order valence-electron chi connectivity index (χ1n) is 12.5. The molecule has 0 aliphatic carbocycles. The van der Waals surface area contributed by atoms with Gasteiger partial charge in [-0.25, -0.2) is 0 Å². The molecule has 3 N–H and O–H groups in total. The van der Waals surface area contributed by atoms with Crippen molar-refractivity contribution in [3.05, 3.63) is 106 Å². The quantitative estimate of drug-likeness (QED) is 0.250. The summed E-state index contributed by atoms with van der Waals surface area (Å²) in [6, 6.07) is 17.1. The van der Waals surface area contributed by atoms with Crippen molar-refractivity contribution in [2.75, 3.05) is 20.8 Å². The van der Waals surface area contributed by atoms with Crippen LogP contribution in [-0.2, 0) is 4.79 Å². The highest BCUT2D eigenvalue weighted by Crippen LogP contribution is 2.37. The number of benzene rings is 2. The average Bonchev–Trinajstić information content (AvgIpc) is 3.47. The number of hydrogen-bond acceptors (Lipinski definition) is 8. The lowest BCUT2D eigenvalue weighted by atomic mass is 9.91. The fourth-order valence-corrected chi connectivity index (χ4v) is 4.64. The summed E-state index contributed by atoms with van der Waals surface area (Å²) in [6.45, 7) is 1.91. The van der Waals surface area contributed by atoms with Crippen molar-refractivity contribution >= 4 is 5.91 Å². The Morgan fingerprint density at radius 3 is 2.46 bits per heavy atom. The van der Waals surface area contributed by atoms with Gasteiger partial charge >= 0.3 is 0 Å². The molecule has 0 radical (unpaired) electrons. The molecule has 0 saturated carbocycles.